The maximum Gasteiger partial charge on any atom is 0.416 e. The summed E-state index contributed by atoms with van der Waals surface area (Å²) in [5.74, 6) is 5.20. The molecule has 0 spiro atoms. The van der Waals surface area contributed by atoms with Crippen molar-refractivity contribution in [3.05, 3.63) is 34.9 Å². The quantitative estimate of drug-likeness (QED) is 0.409. The van der Waals surface area contributed by atoms with Gasteiger partial charge in [-0.1, -0.05) is 5.92 Å². The molecule has 24 heavy (non-hydrogen) atoms. The van der Waals surface area contributed by atoms with Crippen LogP contribution in [-0.4, -0.2) is 30.7 Å². The molecule has 0 atom stereocenters. The van der Waals surface area contributed by atoms with Gasteiger partial charge < -0.3 is 4.48 Å². The molecule has 0 saturated carbocycles. The van der Waals surface area contributed by atoms with Crippen LogP contribution in [0.3, 0.4) is 0 Å². The summed E-state index contributed by atoms with van der Waals surface area (Å²) < 4.78 is 77.4. The van der Waals surface area contributed by atoms with Gasteiger partial charge in [0.05, 0.1) is 30.8 Å². The lowest BCUT2D eigenvalue weighted by atomic mass is 10.0. The van der Waals surface area contributed by atoms with Crippen molar-refractivity contribution in [1.82, 2.24) is 0 Å². The molecule has 1 aromatic rings. The Hall–Kier alpha value is -1.68. The summed E-state index contributed by atoms with van der Waals surface area (Å²) in [5, 5.41) is 0. The molecular formula is C17H20F6N+. The number of hydrogen-bond donors (Lipinski definition) is 0. The van der Waals surface area contributed by atoms with Crippen LogP contribution in [0, 0.1) is 11.8 Å². The Morgan fingerprint density at radius 2 is 1.21 bits per heavy atom. The fourth-order valence-corrected chi connectivity index (χ4v) is 2.34. The topological polar surface area (TPSA) is 0 Å². The Morgan fingerprint density at radius 3 is 1.54 bits per heavy atom. The molecule has 0 heterocycles. The van der Waals surface area contributed by atoms with Crippen LogP contribution >= 0.6 is 0 Å². The number of halogens is 6. The van der Waals surface area contributed by atoms with E-state index in [1.165, 1.54) is 0 Å². The Bertz CT molecular complexity index is 574. The van der Waals surface area contributed by atoms with Crippen molar-refractivity contribution in [3.8, 4) is 11.8 Å². The number of rotatable bonds is 4. The average Bonchev–Trinajstić information content (AvgIpc) is 2.50. The first-order chi connectivity index (χ1) is 11.0. The Kier molecular flexibility index (Phi) is 6.34. The molecule has 0 fully saturated rings. The molecule has 0 radical (unpaired) electrons. The highest BCUT2D eigenvalue weighted by atomic mass is 19.4. The Morgan fingerprint density at radius 1 is 0.792 bits per heavy atom. The molecule has 0 bridgehead atoms. The van der Waals surface area contributed by atoms with Crippen molar-refractivity contribution in [3.63, 3.8) is 0 Å². The first-order valence-electron chi connectivity index (χ1n) is 7.61. The third-order valence-corrected chi connectivity index (χ3v) is 4.25. The number of quaternary nitrogens is 1. The summed E-state index contributed by atoms with van der Waals surface area (Å²) in [6.07, 6.45) is -9.71. The molecule has 0 amide bonds. The molecule has 0 aliphatic heterocycles. The predicted molar refractivity (Wildman–Crippen MR) is 80.1 cm³/mol. The molecule has 1 aromatic carbocycles. The van der Waals surface area contributed by atoms with Gasteiger partial charge in [0.1, 0.15) is 6.54 Å². The van der Waals surface area contributed by atoms with Crippen LogP contribution in [-0.2, 0) is 12.4 Å². The van der Waals surface area contributed by atoms with Crippen LogP contribution in [0.5, 0.6) is 0 Å². The molecule has 0 saturated heterocycles. The Balaban J connectivity index is 3.24. The van der Waals surface area contributed by atoms with E-state index < -0.39 is 23.5 Å². The van der Waals surface area contributed by atoms with Crippen LogP contribution in [0.2, 0.25) is 0 Å². The first-order valence-corrected chi connectivity index (χ1v) is 7.61. The molecule has 0 aliphatic rings. The third kappa shape index (κ3) is 5.17. The van der Waals surface area contributed by atoms with Gasteiger partial charge in [-0.15, -0.1) is 0 Å². The van der Waals surface area contributed by atoms with E-state index in [2.05, 4.69) is 11.8 Å². The summed E-state index contributed by atoms with van der Waals surface area (Å²) in [7, 11) is 0. The summed E-state index contributed by atoms with van der Waals surface area (Å²) in [6.45, 7) is 8.66. The molecule has 1 rings (SSSR count). The van der Waals surface area contributed by atoms with E-state index in [0.29, 0.717) is 23.2 Å². The second-order valence-electron chi connectivity index (χ2n) is 5.54. The summed E-state index contributed by atoms with van der Waals surface area (Å²) in [5.41, 5.74) is -2.97. The minimum absolute atomic E-state index is 0.107. The second-order valence-corrected chi connectivity index (χ2v) is 5.54. The van der Waals surface area contributed by atoms with Gasteiger partial charge >= 0.3 is 12.4 Å². The van der Waals surface area contributed by atoms with Gasteiger partial charge in [-0.05, 0) is 44.9 Å². The normalized spacial score (nSPS) is 12.7. The van der Waals surface area contributed by atoms with E-state index in [9.17, 15) is 26.3 Å². The van der Waals surface area contributed by atoms with Gasteiger partial charge in [0.2, 0.25) is 0 Å². The van der Waals surface area contributed by atoms with Crippen molar-refractivity contribution in [2.75, 3.05) is 26.2 Å². The van der Waals surface area contributed by atoms with Crippen LogP contribution in [0.4, 0.5) is 26.3 Å². The van der Waals surface area contributed by atoms with Crippen molar-refractivity contribution in [2.45, 2.75) is 33.1 Å². The van der Waals surface area contributed by atoms with Gasteiger partial charge in [0.25, 0.3) is 0 Å². The molecule has 0 aromatic heterocycles. The van der Waals surface area contributed by atoms with Crippen molar-refractivity contribution < 1.29 is 30.8 Å². The van der Waals surface area contributed by atoms with Crippen LogP contribution in [0.25, 0.3) is 0 Å². The lowest BCUT2D eigenvalue weighted by Gasteiger charge is -2.33. The number of hydrogen-bond acceptors (Lipinski definition) is 0. The van der Waals surface area contributed by atoms with Crippen LogP contribution in [0.15, 0.2) is 18.2 Å². The summed E-state index contributed by atoms with van der Waals surface area (Å²) in [6, 6.07) is 1.41. The average molecular weight is 352 g/mol. The minimum atomic E-state index is -4.85. The zero-order valence-electron chi connectivity index (χ0n) is 13.8. The lowest BCUT2D eigenvalue weighted by Crippen LogP contribution is -2.47. The van der Waals surface area contributed by atoms with Gasteiger partial charge in [-0.2, -0.15) is 26.3 Å². The minimum Gasteiger partial charge on any atom is -0.314 e. The highest BCUT2D eigenvalue weighted by Crippen LogP contribution is 2.36. The van der Waals surface area contributed by atoms with E-state index in [4.69, 9.17) is 0 Å². The predicted octanol–water partition coefficient (Wildman–Crippen LogP) is 4.95. The maximum absolute atomic E-state index is 12.8. The highest BCUT2D eigenvalue weighted by molar-refractivity contribution is 5.42. The first kappa shape index (κ1) is 20.4. The number of benzene rings is 1. The largest absolute Gasteiger partial charge is 0.416 e. The van der Waals surface area contributed by atoms with E-state index >= 15 is 0 Å². The van der Waals surface area contributed by atoms with Crippen LogP contribution < -0.4 is 0 Å². The van der Waals surface area contributed by atoms with Gasteiger partial charge in [0.15, 0.2) is 0 Å². The van der Waals surface area contributed by atoms with Gasteiger partial charge in [-0.25, -0.2) is 0 Å². The lowest BCUT2D eigenvalue weighted by molar-refractivity contribution is -0.916. The second kappa shape index (κ2) is 7.47. The highest BCUT2D eigenvalue weighted by Gasteiger charge is 2.36. The molecule has 0 N–H and O–H groups in total. The standard InChI is InChI=1S/C17H20F6N/c1-4-24(5-2,6-3)9-7-8-13-10-14(16(18,19)20)12-15(11-13)17(21,22)23/h10-12H,4-6,9H2,1-3H3/q+1. The zero-order chi connectivity index (χ0) is 18.6. The molecule has 0 unspecified atom stereocenters. The van der Waals surface area contributed by atoms with Gasteiger partial charge in [0, 0.05) is 5.56 Å². The smallest absolute Gasteiger partial charge is 0.314 e. The SMILES string of the molecule is CC[N+](CC)(CC)CC#Cc1cc(C(F)(F)F)cc(C(F)(F)F)c1. The fraction of sp³-hybridized carbons (Fsp3) is 0.529. The van der Waals surface area contributed by atoms with E-state index in [-0.39, 0.29) is 11.6 Å². The molecule has 7 heteroatoms. The summed E-state index contributed by atoms with van der Waals surface area (Å²) in [4.78, 5) is 0. The van der Waals surface area contributed by atoms with Crippen molar-refractivity contribution in [2.24, 2.45) is 0 Å². The van der Waals surface area contributed by atoms with E-state index in [1.807, 2.05) is 20.8 Å². The molecular weight excluding hydrogens is 332 g/mol. The van der Waals surface area contributed by atoms with E-state index in [1.54, 1.807) is 0 Å². The van der Waals surface area contributed by atoms with Crippen LogP contribution in [0.1, 0.15) is 37.5 Å². The van der Waals surface area contributed by atoms with Crippen molar-refractivity contribution in [1.29, 1.82) is 0 Å². The summed E-state index contributed by atoms with van der Waals surface area (Å²) >= 11 is 0. The number of nitrogens with zero attached hydrogens (tertiary/aromatic N) is 1. The third-order valence-electron chi connectivity index (χ3n) is 4.25. The number of alkyl halides is 6. The molecule has 134 valence electrons. The maximum atomic E-state index is 12.8. The fourth-order valence-electron chi connectivity index (χ4n) is 2.34. The monoisotopic (exact) mass is 352 g/mol. The molecule has 1 nitrogen and oxygen atoms in total. The zero-order valence-corrected chi connectivity index (χ0v) is 13.8. The molecule has 0 aliphatic carbocycles. The van der Waals surface area contributed by atoms with Gasteiger partial charge in [-0.3, -0.25) is 0 Å². The van der Waals surface area contributed by atoms with E-state index in [0.717, 1.165) is 19.6 Å². The van der Waals surface area contributed by atoms with Crippen molar-refractivity contribution >= 4 is 0 Å². The Labute approximate surface area is 137 Å².